The van der Waals surface area contributed by atoms with Crippen LogP contribution < -0.4 is 15.8 Å². The summed E-state index contributed by atoms with van der Waals surface area (Å²) in [6.07, 6.45) is -8.28. The molecule has 0 amide bonds. The highest BCUT2D eigenvalue weighted by molar-refractivity contribution is 7.80. The largest absolute Gasteiger partial charge is 0.480 e. The highest BCUT2D eigenvalue weighted by atomic mass is 32.1. The Bertz CT molecular complexity index is 507. The van der Waals surface area contributed by atoms with Crippen LogP contribution >= 0.6 is 12.2 Å². The number of halogens is 3. The summed E-state index contributed by atoms with van der Waals surface area (Å²) < 4.78 is 42.6. The van der Waals surface area contributed by atoms with Crippen molar-refractivity contribution in [2.75, 3.05) is 5.32 Å². The zero-order valence-electron chi connectivity index (χ0n) is 9.57. The molecule has 4 N–H and O–H groups in total. The fourth-order valence-corrected chi connectivity index (χ4v) is 1.99. The van der Waals surface area contributed by atoms with Crippen LogP contribution in [0.5, 0.6) is 5.75 Å². The van der Waals surface area contributed by atoms with Crippen molar-refractivity contribution in [3.05, 3.63) is 23.8 Å². The lowest BCUT2D eigenvalue weighted by atomic mass is 9.98. The van der Waals surface area contributed by atoms with Crippen LogP contribution in [-0.2, 0) is 0 Å². The first-order valence-electron chi connectivity index (χ1n) is 5.39. The van der Waals surface area contributed by atoms with Gasteiger partial charge in [0.1, 0.15) is 5.75 Å². The van der Waals surface area contributed by atoms with E-state index in [4.69, 9.17) is 10.5 Å². The van der Waals surface area contributed by atoms with Gasteiger partial charge in [-0.2, -0.15) is 13.2 Å². The van der Waals surface area contributed by atoms with E-state index in [2.05, 4.69) is 17.5 Å². The number of nitrogens with one attached hydrogen (secondary N) is 1. The second-order valence-electron chi connectivity index (χ2n) is 4.14. The molecule has 1 aromatic rings. The monoisotopic (exact) mass is 292 g/mol. The summed E-state index contributed by atoms with van der Waals surface area (Å²) in [7, 11) is 0. The van der Waals surface area contributed by atoms with Crippen LogP contribution in [0.25, 0.3) is 0 Å². The summed E-state index contributed by atoms with van der Waals surface area (Å²) in [5, 5.41) is 12.4. The van der Waals surface area contributed by atoms with Crippen molar-refractivity contribution >= 4 is 23.0 Å². The number of alkyl halides is 3. The third kappa shape index (κ3) is 3.07. The molecule has 19 heavy (non-hydrogen) atoms. The molecule has 0 fully saturated rings. The van der Waals surface area contributed by atoms with Crippen LogP contribution in [0.4, 0.5) is 18.9 Å². The van der Waals surface area contributed by atoms with Gasteiger partial charge in [-0.1, -0.05) is 0 Å². The highest BCUT2D eigenvalue weighted by Crippen LogP contribution is 2.41. The highest BCUT2D eigenvalue weighted by Gasteiger charge is 2.45. The van der Waals surface area contributed by atoms with Crippen molar-refractivity contribution in [2.45, 2.75) is 24.8 Å². The molecule has 0 saturated heterocycles. The quantitative estimate of drug-likeness (QED) is 0.692. The summed E-state index contributed by atoms with van der Waals surface area (Å²) in [6.45, 7) is 0. The normalized spacial score (nSPS) is 22.3. The number of ether oxygens (including phenoxy) is 1. The number of hydrogen-bond acceptors (Lipinski definition) is 3. The molecule has 2 atom stereocenters. The Morgan fingerprint density at radius 2 is 2.16 bits per heavy atom. The molecular weight excluding hydrogens is 281 g/mol. The number of aliphatic hydroxyl groups is 1. The zero-order valence-corrected chi connectivity index (χ0v) is 10.4. The Hall–Kier alpha value is -1.54. The van der Waals surface area contributed by atoms with E-state index in [0.717, 1.165) is 0 Å². The Kier molecular flexibility index (Phi) is 3.55. The molecule has 1 aromatic carbocycles. The number of nitrogens with two attached hydrogens (primary N) is 1. The minimum absolute atomic E-state index is 0.00886. The number of rotatable bonds is 1. The molecule has 4 nitrogen and oxygen atoms in total. The Balaban J connectivity index is 2.28. The molecule has 0 saturated carbocycles. The first-order chi connectivity index (χ1) is 8.77. The van der Waals surface area contributed by atoms with Crippen molar-refractivity contribution in [1.29, 1.82) is 0 Å². The average Bonchev–Trinajstić information content (AvgIpc) is 2.27. The van der Waals surface area contributed by atoms with E-state index in [0.29, 0.717) is 5.69 Å². The van der Waals surface area contributed by atoms with Gasteiger partial charge in [-0.15, -0.1) is 0 Å². The van der Waals surface area contributed by atoms with E-state index >= 15 is 0 Å². The Morgan fingerprint density at radius 1 is 1.47 bits per heavy atom. The van der Waals surface area contributed by atoms with Crippen molar-refractivity contribution in [1.82, 2.24) is 0 Å². The second kappa shape index (κ2) is 4.86. The van der Waals surface area contributed by atoms with E-state index in [-0.39, 0.29) is 16.4 Å². The molecule has 0 spiro atoms. The average molecular weight is 292 g/mol. The molecule has 0 radical (unpaired) electrons. The third-order valence-corrected chi connectivity index (χ3v) is 2.81. The number of hydrogen-bond donors (Lipinski definition) is 3. The topological polar surface area (TPSA) is 67.5 Å². The summed E-state index contributed by atoms with van der Waals surface area (Å²) in [4.78, 5) is 0. The van der Waals surface area contributed by atoms with Gasteiger partial charge in [-0.3, -0.25) is 0 Å². The van der Waals surface area contributed by atoms with E-state index in [1.165, 1.54) is 18.2 Å². The lowest BCUT2D eigenvalue weighted by Crippen LogP contribution is -2.38. The van der Waals surface area contributed by atoms with Crippen LogP contribution in [0.2, 0.25) is 0 Å². The first kappa shape index (κ1) is 13.9. The Labute approximate surface area is 112 Å². The second-order valence-corrected chi connectivity index (χ2v) is 4.58. The Morgan fingerprint density at radius 3 is 2.74 bits per heavy atom. The van der Waals surface area contributed by atoms with E-state index in [9.17, 15) is 18.3 Å². The molecule has 1 heterocycles. The lowest BCUT2D eigenvalue weighted by Gasteiger charge is -2.31. The number of anilines is 1. The summed E-state index contributed by atoms with van der Waals surface area (Å²) in [5.41, 5.74) is 6.06. The molecule has 1 aliphatic heterocycles. The zero-order chi connectivity index (χ0) is 14.2. The van der Waals surface area contributed by atoms with Gasteiger partial charge in [0.15, 0.2) is 11.2 Å². The number of fused-ring (bicyclic) bond motifs is 1. The number of thiocarbonyl (C=S) groups is 1. The van der Waals surface area contributed by atoms with Gasteiger partial charge < -0.3 is 20.9 Å². The molecule has 0 aromatic heterocycles. The molecule has 1 aliphatic rings. The van der Waals surface area contributed by atoms with Gasteiger partial charge in [0.2, 0.25) is 0 Å². The van der Waals surface area contributed by atoms with E-state index in [1.807, 2.05) is 0 Å². The lowest BCUT2D eigenvalue weighted by molar-refractivity contribution is -0.207. The fraction of sp³-hybridized carbons (Fsp3) is 0.364. The SMILES string of the molecule is NC(=S)Nc1ccc2c(c1)C(O)CC(C(F)(F)F)O2. The third-order valence-electron chi connectivity index (χ3n) is 2.71. The molecular formula is C11H11F3N2O2S. The number of aliphatic hydroxyl groups excluding tert-OH is 1. The van der Waals surface area contributed by atoms with Gasteiger partial charge in [-0.05, 0) is 30.4 Å². The molecule has 2 unspecified atom stereocenters. The maximum Gasteiger partial charge on any atom is 0.425 e. The van der Waals surface area contributed by atoms with Crippen LogP contribution in [0, 0.1) is 0 Å². The number of benzene rings is 1. The maximum absolute atomic E-state index is 12.6. The van der Waals surface area contributed by atoms with Crippen molar-refractivity contribution < 1.29 is 23.0 Å². The van der Waals surface area contributed by atoms with Gasteiger partial charge in [0.05, 0.1) is 6.10 Å². The van der Waals surface area contributed by atoms with Gasteiger partial charge in [-0.25, -0.2) is 0 Å². The summed E-state index contributed by atoms with van der Waals surface area (Å²) in [5.74, 6) is 0.00886. The van der Waals surface area contributed by atoms with Crippen LogP contribution in [0.15, 0.2) is 18.2 Å². The van der Waals surface area contributed by atoms with Crippen LogP contribution in [0.3, 0.4) is 0 Å². The fourth-order valence-electron chi connectivity index (χ4n) is 1.87. The predicted octanol–water partition coefficient (Wildman–Crippen LogP) is 2.09. The van der Waals surface area contributed by atoms with Gasteiger partial charge >= 0.3 is 6.18 Å². The van der Waals surface area contributed by atoms with Gasteiger partial charge in [0, 0.05) is 17.7 Å². The van der Waals surface area contributed by atoms with Gasteiger partial charge in [0.25, 0.3) is 0 Å². The molecule has 104 valence electrons. The summed E-state index contributed by atoms with van der Waals surface area (Å²) in [6, 6.07) is 4.28. The minimum Gasteiger partial charge on any atom is -0.480 e. The molecule has 8 heteroatoms. The molecule has 0 bridgehead atoms. The smallest absolute Gasteiger partial charge is 0.425 e. The molecule has 0 aliphatic carbocycles. The van der Waals surface area contributed by atoms with E-state index in [1.54, 1.807) is 0 Å². The van der Waals surface area contributed by atoms with Crippen molar-refractivity contribution in [3.8, 4) is 5.75 Å². The standard InChI is InChI=1S/C11H11F3N2O2S/c12-11(13,14)9-4-7(17)6-3-5(16-10(15)19)1-2-8(6)18-9/h1-3,7,9,17H,4H2,(H3,15,16,19). The summed E-state index contributed by atoms with van der Waals surface area (Å²) >= 11 is 4.65. The van der Waals surface area contributed by atoms with Crippen molar-refractivity contribution in [3.63, 3.8) is 0 Å². The van der Waals surface area contributed by atoms with E-state index < -0.39 is 24.8 Å². The first-order valence-corrected chi connectivity index (χ1v) is 5.80. The van der Waals surface area contributed by atoms with Crippen molar-refractivity contribution in [2.24, 2.45) is 5.73 Å². The minimum atomic E-state index is -4.51. The predicted molar refractivity (Wildman–Crippen MR) is 66.9 cm³/mol. The van der Waals surface area contributed by atoms with Crippen LogP contribution in [0.1, 0.15) is 18.1 Å². The molecule has 2 rings (SSSR count). The maximum atomic E-state index is 12.6. The van der Waals surface area contributed by atoms with Crippen LogP contribution in [-0.4, -0.2) is 22.5 Å².